The van der Waals surface area contributed by atoms with E-state index in [0.29, 0.717) is 0 Å². The highest BCUT2D eigenvalue weighted by Gasteiger charge is 2.18. The van der Waals surface area contributed by atoms with Gasteiger partial charge in [0.1, 0.15) is 11.5 Å². The van der Waals surface area contributed by atoms with E-state index in [1.165, 1.54) is 11.7 Å². The molecular formula is C16H25N5O2S2. The average molecular weight is 384 g/mol. The molecule has 2 aromatic heterocycles. The van der Waals surface area contributed by atoms with Gasteiger partial charge in [0.05, 0.1) is 37.2 Å². The third-order valence-corrected chi connectivity index (χ3v) is 5.25. The van der Waals surface area contributed by atoms with Gasteiger partial charge in [-0.05, 0) is 26.2 Å². The topological polar surface area (TPSA) is 66.7 Å². The van der Waals surface area contributed by atoms with Crippen LogP contribution in [-0.4, -0.2) is 66.3 Å². The largest absolute Gasteiger partial charge is 0.464 e. The fourth-order valence-corrected chi connectivity index (χ4v) is 3.88. The molecule has 1 aliphatic rings. The van der Waals surface area contributed by atoms with Gasteiger partial charge in [0.25, 0.3) is 0 Å². The van der Waals surface area contributed by atoms with Crippen LogP contribution in [0.3, 0.4) is 0 Å². The van der Waals surface area contributed by atoms with Gasteiger partial charge in [-0.1, -0.05) is 0 Å². The van der Waals surface area contributed by atoms with Gasteiger partial charge in [0, 0.05) is 25.4 Å². The van der Waals surface area contributed by atoms with Gasteiger partial charge in [-0.2, -0.15) is 20.5 Å². The van der Waals surface area contributed by atoms with E-state index in [2.05, 4.69) is 36.0 Å². The number of morpholine rings is 1. The highest BCUT2D eigenvalue weighted by Crippen LogP contribution is 2.24. The number of ether oxygens (including phenoxy) is 1. The van der Waals surface area contributed by atoms with Crippen molar-refractivity contribution >= 4 is 35.1 Å². The minimum atomic E-state index is 0.756. The summed E-state index contributed by atoms with van der Waals surface area (Å²) in [6, 6.07) is 4.13. The molecule has 138 valence electrons. The Balaban J connectivity index is 1.37. The number of rotatable bonds is 9. The van der Waals surface area contributed by atoms with E-state index in [1.54, 1.807) is 0 Å². The molecule has 3 rings (SSSR count). The van der Waals surface area contributed by atoms with Crippen LogP contribution in [0.15, 0.2) is 16.5 Å². The summed E-state index contributed by atoms with van der Waals surface area (Å²) in [5.74, 6) is 5.77. The van der Waals surface area contributed by atoms with Gasteiger partial charge in [0.15, 0.2) is 11.6 Å². The highest BCUT2D eigenvalue weighted by molar-refractivity contribution is 7.98. The average Bonchev–Trinajstić information content (AvgIpc) is 3.24. The smallest absolute Gasteiger partial charge is 0.187 e. The Morgan fingerprint density at radius 2 is 2.04 bits per heavy atom. The maximum absolute atomic E-state index is 5.82. The lowest BCUT2D eigenvalue weighted by Gasteiger charge is -2.27. The molecule has 25 heavy (non-hydrogen) atoms. The second kappa shape index (κ2) is 9.42. The molecule has 1 saturated heterocycles. The van der Waals surface area contributed by atoms with E-state index >= 15 is 0 Å². The van der Waals surface area contributed by atoms with Crippen LogP contribution in [0.1, 0.15) is 11.5 Å². The van der Waals surface area contributed by atoms with Crippen LogP contribution in [0.5, 0.6) is 0 Å². The van der Waals surface area contributed by atoms with Crippen molar-refractivity contribution in [2.45, 2.75) is 12.3 Å². The second-order valence-corrected chi connectivity index (χ2v) is 7.75. The van der Waals surface area contributed by atoms with Crippen molar-refractivity contribution < 1.29 is 9.15 Å². The first-order chi connectivity index (χ1) is 12.2. The van der Waals surface area contributed by atoms with Crippen LogP contribution in [0, 0.1) is 0 Å². The number of thioether (sulfide) groups is 1. The lowest BCUT2D eigenvalue weighted by molar-refractivity contribution is 0.122. The fraction of sp³-hybridized carbons (Fsp3) is 0.625. The zero-order valence-electron chi connectivity index (χ0n) is 14.7. The van der Waals surface area contributed by atoms with E-state index in [4.69, 9.17) is 9.15 Å². The van der Waals surface area contributed by atoms with Crippen LogP contribution < -0.4 is 10.2 Å². The van der Waals surface area contributed by atoms with Crippen molar-refractivity contribution in [1.82, 2.24) is 13.6 Å². The van der Waals surface area contributed by atoms with Crippen molar-refractivity contribution in [3.8, 4) is 0 Å². The van der Waals surface area contributed by atoms with E-state index < -0.39 is 0 Å². The van der Waals surface area contributed by atoms with Gasteiger partial charge in [-0.15, -0.1) is 0 Å². The van der Waals surface area contributed by atoms with E-state index in [-0.39, 0.29) is 0 Å². The monoisotopic (exact) mass is 383 g/mol. The number of nitrogens with zero attached hydrogens (tertiary/aromatic N) is 4. The molecule has 0 atom stereocenters. The molecule has 9 heteroatoms. The highest BCUT2D eigenvalue weighted by atomic mass is 32.2. The summed E-state index contributed by atoms with van der Waals surface area (Å²) in [6.45, 7) is 4.97. The van der Waals surface area contributed by atoms with Crippen molar-refractivity contribution in [2.75, 3.05) is 62.9 Å². The molecule has 2 aromatic rings. The summed E-state index contributed by atoms with van der Waals surface area (Å²) in [5.41, 5.74) is 0. The first-order valence-electron chi connectivity index (χ1n) is 8.41. The molecule has 0 saturated carbocycles. The molecule has 0 amide bonds. The van der Waals surface area contributed by atoms with Gasteiger partial charge in [-0.3, -0.25) is 0 Å². The summed E-state index contributed by atoms with van der Waals surface area (Å²) in [6.07, 6.45) is 0. The summed E-state index contributed by atoms with van der Waals surface area (Å²) in [5, 5.41) is 3.40. The van der Waals surface area contributed by atoms with Gasteiger partial charge in [0.2, 0.25) is 0 Å². The summed E-state index contributed by atoms with van der Waals surface area (Å²) in [4.78, 5) is 4.34. The molecule has 1 N–H and O–H groups in total. The van der Waals surface area contributed by atoms with Gasteiger partial charge in [-0.25, -0.2) is 0 Å². The molecule has 0 aromatic carbocycles. The van der Waals surface area contributed by atoms with Crippen molar-refractivity contribution in [1.29, 1.82) is 0 Å². The lowest BCUT2D eigenvalue weighted by atomic mass is 10.4. The molecule has 0 radical (unpaired) electrons. The number of hydrogen-bond acceptors (Lipinski definition) is 9. The van der Waals surface area contributed by atoms with E-state index in [0.717, 1.165) is 74.1 Å². The Hall–Kier alpha value is -1.29. The Kier molecular flexibility index (Phi) is 6.97. The van der Waals surface area contributed by atoms with Crippen molar-refractivity contribution in [2.24, 2.45) is 0 Å². The van der Waals surface area contributed by atoms with Crippen LogP contribution in [0.2, 0.25) is 0 Å². The number of furan rings is 1. The van der Waals surface area contributed by atoms with E-state index in [9.17, 15) is 0 Å². The maximum Gasteiger partial charge on any atom is 0.187 e. The maximum atomic E-state index is 5.82. The molecule has 3 heterocycles. The molecule has 7 nitrogen and oxygen atoms in total. The summed E-state index contributed by atoms with van der Waals surface area (Å²) < 4.78 is 20.0. The molecule has 1 aliphatic heterocycles. The first kappa shape index (κ1) is 18.5. The zero-order valence-corrected chi connectivity index (χ0v) is 16.4. The Labute approximate surface area is 157 Å². The van der Waals surface area contributed by atoms with E-state index in [1.807, 2.05) is 25.9 Å². The zero-order chi connectivity index (χ0) is 17.5. The minimum absolute atomic E-state index is 0.756. The number of anilines is 2. The molecule has 0 aliphatic carbocycles. The van der Waals surface area contributed by atoms with Crippen molar-refractivity contribution in [3.05, 3.63) is 23.7 Å². The molecular weight excluding hydrogens is 358 g/mol. The quantitative estimate of drug-likeness (QED) is 0.662. The Bertz CT molecular complexity index is 640. The molecule has 1 fully saturated rings. The minimum Gasteiger partial charge on any atom is -0.464 e. The normalized spacial score (nSPS) is 15.1. The first-order valence-corrected chi connectivity index (χ1v) is 10.3. The molecule has 0 unspecified atom stereocenters. The van der Waals surface area contributed by atoms with Crippen molar-refractivity contribution in [3.63, 3.8) is 0 Å². The van der Waals surface area contributed by atoms with Gasteiger partial charge < -0.3 is 24.3 Å². The predicted octanol–water partition coefficient (Wildman–Crippen LogP) is 2.37. The Morgan fingerprint density at radius 1 is 1.24 bits per heavy atom. The van der Waals surface area contributed by atoms with Crippen LogP contribution in [-0.2, 0) is 17.0 Å². The fourth-order valence-electron chi connectivity index (χ4n) is 2.59. The standard InChI is InChI=1S/C16H25N5O2S2/c1-20(2)11-13-3-4-14(23-13)12-24-10-5-17-15-16(19-25-18-15)21-6-8-22-9-7-21/h3-4H,5-12H2,1-2H3,(H,17,18). The molecule has 0 bridgehead atoms. The predicted molar refractivity (Wildman–Crippen MR) is 104 cm³/mol. The van der Waals surface area contributed by atoms with Crippen LogP contribution in [0.4, 0.5) is 11.6 Å². The molecule has 0 spiro atoms. The Morgan fingerprint density at radius 3 is 2.84 bits per heavy atom. The number of aromatic nitrogens is 2. The van der Waals surface area contributed by atoms with Gasteiger partial charge >= 0.3 is 0 Å². The number of nitrogens with one attached hydrogen (secondary N) is 1. The third-order valence-electron chi connectivity index (χ3n) is 3.75. The summed E-state index contributed by atoms with van der Waals surface area (Å²) >= 11 is 3.11. The summed E-state index contributed by atoms with van der Waals surface area (Å²) in [7, 11) is 4.09. The van der Waals surface area contributed by atoms with Crippen LogP contribution in [0.25, 0.3) is 0 Å². The third kappa shape index (κ3) is 5.60. The van der Waals surface area contributed by atoms with Crippen LogP contribution >= 0.6 is 23.5 Å². The second-order valence-electron chi connectivity index (χ2n) is 6.12. The lowest BCUT2D eigenvalue weighted by Crippen LogP contribution is -2.36. The SMILES string of the molecule is CN(C)Cc1ccc(CSCCNc2nsnc2N2CCOCC2)o1. The number of hydrogen-bond donors (Lipinski definition) is 1.